The predicted octanol–water partition coefficient (Wildman–Crippen LogP) is 2.18. The van der Waals surface area contributed by atoms with Gasteiger partial charge in [-0.2, -0.15) is 0 Å². The number of carbonyl (C=O) groups is 1. The summed E-state index contributed by atoms with van der Waals surface area (Å²) in [6.45, 7) is 7.26. The van der Waals surface area contributed by atoms with Crippen molar-refractivity contribution in [3.05, 3.63) is 11.6 Å². The molecular weight excluding hydrogens is 178 g/mol. The Morgan fingerprint density at radius 3 is 2.86 bits per heavy atom. The molecule has 0 spiro atoms. The molecule has 1 aliphatic heterocycles. The Labute approximate surface area is 84.7 Å². The highest BCUT2D eigenvalue weighted by atomic mass is 16.6. The maximum atomic E-state index is 11.7. The van der Waals surface area contributed by atoms with Crippen LogP contribution < -0.4 is 0 Å². The van der Waals surface area contributed by atoms with Gasteiger partial charge in [0.1, 0.15) is 5.60 Å². The first-order valence-corrected chi connectivity index (χ1v) is 5.12. The molecule has 0 aromatic rings. The number of carbonyl (C=O) groups excluding carboxylic acids is 1. The second kappa shape index (κ2) is 3.01. The third kappa shape index (κ3) is 2.08. The van der Waals surface area contributed by atoms with Gasteiger partial charge in [0, 0.05) is 19.0 Å². The van der Waals surface area contributed by atoms with Crippen molar-refractivity contribution in [1.29, 1.82) is 0 Å². The minimum absolute atomic E-state index is 0.181. The van der Waals surface area contributed by atoms with E-state index in [1.165, 1.54) is 12.0 Å². The second-order valence-corrected chi connectivity index (χ2v) is 5.07. The number of hydrogen-bond acceptors (Lipinski definition) is 2. The van der Waals surface area contributed by atoms with Crippen molar-refractivity contribution >= 4 is 6.09 Å². The van der Waals surface area contributed by atoms with Gasteiger partial charge in [0.05, 0.1) is 0 Å². The maximum absolute atomic E-state index is 11.7. The summed E-state index contributed by atoms with van der Waals surface area (Å²) in [5, 5.41) is 0. The van der Waals surface area contributed by atoms with Gasteiger partial charge in [-0.25, -0.2) is 4.79 Å². The lowest BCUT2D eigenvalue weighted by Gasteiger charge is -2.27. The summed E-state index contributed by atoms with van der Waals surface area (Å²) < 4.78 is 5.30. The molecule has 0 N–H and O–H groups in total. The van der Waals surface area contributed by atoms with Crippen LogP contribution in [0.25, 0.3) is 0 Å². The summed E-state index contributed by atoms with van der Waals surface area (Å²) in [6, 6.07) is 0. The number of ether oxygens (including phenoxy) is 1. The van der Waals surface area contributed by atoms with Gasteiger partial charge in [-0.05, 0) is 27.2 Å². The van der Waals surface area contributed by atoms with Crippen LogP contribution in [0.15, 0.2) is 11.6 Å². The van der Waals surface area contributed by atoms with E-state index < -0.39 is 0 Å². The van der Waals surface area contributed by atoms with E-state index in [-0.39, 0.29) is 11.7 Å². The number of fused-ring (bicyclic) bond motifs is 1. The van der Waals surface area contributed by atoms with Crippen molar-refractivity contribution in [2.75, 3.05) is 13.1 Å². The van der Waals surface area contributed by atoms with E-state index in [4.69, 9.17) is 4.74 Å². The first-order chi connectivity index (χ1) is 6.46. The van der Waals surface area contributed by atoms with Crippen molar-refractivity contribution in [1.82, 2.24) is 4.90 Å². The maximum Gasteiger partial charge on any atom is 0.410 e. The van der Waals surface area contributed by atoms with Crippen LogP contribution in [0.2, 0.25) is 0 Å². The molecule has 0 radical (unpaired) electrons. The number of nitrogens with zero attached hydrogens (tertiary/aromatic N) is 1. The Bertz CT molecular complexity index is 288. The fraction of sp³-hybridized carbons (Fsp3) is 0.727. The molecule has 2 rings (SSSR count). The Morgan fingerprint density at radius 2 is 2.29 bits per heavy atom. The smallest absolute Gasteiger partial charge is 0.410 e. The highest BCUT2D eigenvalue weighted by molar-refractivity contribution is 5.69. The largest absolute Gasteiger partial charge is 0.444 e. The standard InChI is InChI=1S/C11H17NO2/c1-11(2,3)14-10(13)12-5-4-8-6-9(8)7-12/h4,9H,5-7H2,1-3H3. The molecule has 0 aromatic heterocycles. The zero-order chi connectivity index (χ0) is 10.3. The molecule has 1 aliphatic carbocycles. The molecular formula is C11H17NO2. The van der Waals surface area contributed by atoms with Crippen molar-refractivity contribution in [2.45, 2.75) is 32.8 Å². The lowest BCUT2D eigenvalue weighted by molar-refractivity contribution is 0.0260. The molecule has 0 saturated heterocycles. The van der Waals surface area contributed by atoms with E-state index in [0.717, 1.165) is 13.1 Å². The van der Waals surface area contributed by atoms with Gasteiger partial charge in [0.2, 0.25) is 0 Å². The van der Waals surface area contributed by atoms with Crippen LogP contribution in [-0.2, 0) is 4.74 Å². The first-order valence-electron chi connectivity index (χ1n) is 5.12. The summed E-state index contributed by atoms with van der Waals surface area (Å²) in [7, 11) is 0. The Morgan fingerprint density at radius 1 is 1.57 bits per heavy atom. The Hall–Kier alpha value is -0.990. The van der Waals surface area contributed by atoms with Crippen LogP contribution in [0.3, 0.4) is 0 Å². The van der Waals surface area contributed by atoms with Gasteiger partial charge in [-0.1, -0.05) is 11.6 Å². The number of hydrogen-bond donors (Lipinski definition) is 0. The lowest BCUT2D eigenvalue weighted by Crippen LogP contribution is -2.39. The summed E-state index contributed by atoms with van der Waals surface area (Å²) in [5.41, 5.74) is 1.13. The average molecular weight is 195 g/mol. The number of amides is 1. The summed E-state index contributed by atoms with van der Waals surface area (Å²) in [4.78, 5) is 13.4. The molecule has 14 heavy (non-hydrogen) atoms. The fourth-order valence-electron chi connectivity index (χ4n) is 1.70. The molecule has 3 nitrogen and oxygen atoms in total. The third-order valence-electron chi connectivity index (χ3n) is 2.51. The van der Waals surface area contributed by atoms with Crippen LogP contribution in [0.5, 0.6) is 0 Å². The van der Waals surface area contributed by atoms with Crippen LogP contribution in [0, 0.1) is 5.92 Å². The average Bonchev–Trinajstić information content (AvgIpc) is 2.77. The van der Waals surface area contributed by atoms with E-state index in [1.54, 1.807) is 4.90 Å². The van der Waals surface area contributed by atoms with Crippen LogP contribution in [0.1, 0.15) is 27.2 Å². The topological polar surface area (TPSA) is 29.5 Å². The molecule has 1 amide bonds. The fourth-order valence-corrected chi connectivity index (χ4v) is 1.70. The molecule has 1 fully saturated rings. The minimum Gasteiger partial charge on any atom is -0.444 e. The molecule has 2 aliphatic rings. The van der Waals surface area contributed by atoms with Crippen LogP contribution in [-0.4, -0.2) is 29.7 Å². The van der Waals surface area contributed by atoms with Gasteiger partial charge in [0.15, 0.2) is 0 Å². The molecule has 1 heterocycles. The summed E-state index contributed by atoms with van der Waals surface area (Å²) in [5.74, 6) is 0.635. The van der Waals surface area contributed by atoms with Gasteiger partial charge < -0.3 is 9.64 Å². The van der Waals surface area contributed by atoms with Crippen molar-refractivity contribution < 1.29 is 9.53 Å². The van der Waals surface area contributed by atoms with Crippen LogP contribution in [0.4, 0.5) is 4.79 Å². The molecule has 0 aromatic carbocycles. The van der Waals surface area contributed by atoms with E-state index in [1.807, 2.05) is 20.8 Å². The van der Waals surface area contributed by atoms with E-state index in [2.05, 4.69) is 6.08 Å². The van der Waals surface area contributed by atoms with Crippen molar-refractivity contribution in [2.24, 2.45) is 5.92 Å². The Balaban J connectivity index is 1.90. The summed E-state index contributed by atoms with van der Waals surface area (Å²) >= 11 is 0. The monoisotopic (exact) mass is 195 g/mol. The lowest BCUT2D eigenvalue weighted by atomic mass is 10.2. The summed E-state index contributed by atoms with van der Waals surface area (Å²) in [6.07, 6.45) is 3.15. The van der Waals surface area contributed by atoms with Crippen LogP contribution >= 0.6 is 0 Å². The van der Waals surface area contributed by atoms with E-state index in [9.17, 15) is 4.79 Å². The third-order valence-corrected chi connectivity index (χ3v) is 2.51. The van der Waals surface area contributed by atoms with E-state index >= 15 is 0 Å². The molecule has 0 bridgehead atoms. The molecule has 1 saturated carbocycles. The normalized spacial score (nSPS) is 25.2. The SMILES string of the molecule is CC(C)(C)OC(=O)N1CC=C2CC2C1. The second-order valence-electron chi connectivity index (χ2n) is 5.07. The van der Waals surface area contributed by atoms with E-state index in [0.29, 0.717) is 5.92 Å². The van der Waals surface area contributed by atoms with Gasteiger partial charge in [-0.15, -0.1) is 0 Å². The highest BCUT2D eigenvalue weighted by Gasteiger charge is 2.36. The van der Waals surface area contributed by atoms with Crippen molar-refractivity contribution in [3.63, 3.8) is 0 Å². The predicted molar refractivity (Wildman–Crippen MR) is 54.0 cm³/mol. The minimum atomic E-state index is -0.384. The molecule has 1 atom stereocenters. The molecule has 1 unspecified atom stereocenters. The van der Waals surface area contributed by atoms with Gasteiger partial charge >= 0.3 is 6.09 Å². The zero-order valence-corrected chi connectivity index (χ0v) is 9.04. The zero-order valence-electron chi connectivity index (χ0n) is 9.04. The van der Waals surface area contributed by atoms with Gasteiger partial charge in [-0.3, -0.25) is 0 Å². The highest BCUT2D eigenvalue weighted by Crippen LogP contribution is 2.40. The van der Waals surface area contributed by atoms with Gasteiger partial charge in [0.25, 0.3) is 0 Å². The number of rotatable bonds is 0. The Kier molecular flexibility index (Phi) is 2.05. The van der Waals surface area contributed by atoms with Crippen molar-refractivity contribution in [3.8, 4) is 0 Å². The molecule has 78 valence electrons. The quantitative estimate of drug-likeness (QED) is 0.554. The first kappa shape index (κ1) is 9.56. The molecule has 3 heteroatoms.